The van der Waals surface area contributed by atoms with E-state index in [2.05, 4.69) is 10.3 Å². The van der Waals surface area contributed by atoms with Crippen LogP contribution in [0.4, 0.5) is 20.2 Å². The molecule has 1 aromatic heterocycles. The van der Waals surface area contributed by atoms with Crippen LogP contribution in [0.1, 0.15) is 18.5 Å². The van der Waals surface area contributed by atoms with Crippen LogP contribution in [0.15, 0.2) is 48.7 Å². The summed E-state index contributed by atoms with van der Waals surface area (Å²) in [4.78, 5) is 15.1. The second kappa shape index (κ2) is 6.19. The zero-order valence-corrected chi connectivity index (χ0v) is 12.7. The van der Waals surface area contributed by atoms with E-state index in [1.165, 1.54) is 6.07 Å². The number of hydrogen-bond donors (Lipinski definition) is 1. The number of hydrogen-bond acceptors (Lipinski definition) is 4. The first-order valence-corrected chi connectivity index (χ1v) is 7.21. The van der Waals surface area contributed by atoms with Crippen LogP contribution >= 0.6 is 0 Å². The summed E-state index contributed by atoms with van der Waals surface area (Å²) in [6.07, 6.45) is 1.56. The van der Waals surface area contributed by atoms with Crippen molar-refractivity contribution in [2.75, 3.05) is 5.32 Å². The van der Waals surface area contributed by atoms with Gasteiger partial charge in [0.25, 0.3) is 0 Å². The van der Waals surface area contributed by atoms with Crippen LogP contribution in [0.25, 0.3) is 10.9 Å². The number of rotatable bonds is 4. The molecule has 1 N–H and O–H groups in total. The highest BCUT2D eigenvalue weighted by Crippen LogP contribution is 2.34. The summed E-state index contributed by atoms with van der Waals surface area (Å²) in [6, 6.07) is 9.55. The summed E-state index contributed by atoms with van der Waals surface area (Å²) in [5.41, 5.74) is 1.18. The van der Waals surface area contributed by atoms with Crippen molar-refractivity contribution < 1.29 is 13.7 Å². The first-order chi connectivity index (χ1) is 11.5. The van der Waals surface area contributed by atoms with Crippen LogP contribution in [-0.2, 0) is 0 Å². The van der Waals surface area contributed by atoms with Gasteiger partial charge in [-0.2, -0.15) is 0 Å². The molecule has 0 amide bonds. The molecule has 0 aliphatic carbocycles. The minimum Gasteiger partial charge on any atom is -0.373 e. The molecule has 0 bridgehead atoms. The van der Waals surface area contributed by atoms with Crippen LogP contribution < -0.4 is 5.32 Å². The highest BCUT2D eigenvalue weighted by atomic mass is 19.2. The number of aromatic nitrogens is 1. The van der Waals surface area contributed by atoms with E-state index in [4.69, 9.17) is 0 Å². The van der Waals surface area contributed by atoms with E-state index in [0.717, 1.165) is 12.1 Å². The van der Waals surface area contributed by atoms with Crippen molar-refractivity contribution >= 4 is 22.3 Å². The molecule has 1 atom stereocenters. The average molecular weight is 329 g/mol. The lowest BCUT2D eigenvalue weighted by molar-refractivity contribution is -0.382. The second-order valence-electron chi connectivity index (χ2n) is 5.33. The quantitative estimate of drug-likeness (QED) is 0.561. The molecule has 0 unspecified atom stereocenters. The van der Waals surface area contributed by atoms with Gasteiger partial charge in [-0.25, -0.2) is 8.78 Å². The first-order valence-electron chi connectivity index (χ1n) is 7.21. The Labute approximate surface area is 136 Å². The van der Waals surface area contributed by atoms with E-state index in [1.807, 2.05) is 0 Å². The fourth-order valence-corrected chi connectivity index (χ4v) is 2.55. The van der Waals surface area contributed by atoms with Gasteiger partial charge in [0.2, 0.25) is 0 Å². The molecule has 0 spiro atoms. The lowest BCUT2D eigenvalue weighted by Crippen LogP contribution is -2.09. The van der Waals surface area contributed by atoms with E-state index < -0.39 is 22.6 Å². The number of halogens is 2. The van der Waals surface area contributed by atoms with Crippen molar-refractivity contribution in [2.45, 2.75) is 13.0 Å². The molecule has 3 rings (SSSR count). The zero-order valence-electron chi connectivity index (χ0n) is 12.7. The summed E-state index contributed by atoms with van der Waals surface area (Å²) in [5, 5.41) is 14.9. The van der Waals surface area contributed by atoms with E-state index in [0.29, 0.717) is 16.5 Å². The minimum atomic E-state index is -0.960. The molecule has 0 aliphatic rings. The van der Waals surface area contributed by atoms with Gasteiger partial charge in [-0.1, -0.05) is 6.07 Å². The number of nitro benzene ring substituents is 1. The summed E-state index contributed by atoms with van der Waals surface area (Å²) in [6.45, 7) is 1.71. The molecule has 0 radical (unpaired) electrons. The predicted molar refractivity (Wildman–Crippen MR) is 86.8 cm³/mol. The lowest BCUT2D eigenvalue weighted by Gasteiger charge is -2.16. The van der Waals surface area contributed by atoms with Gasteiger partial charge >= 0.3 is 5.69 Å². The Kier molecular flexibility index (Phi) is 4.07. The smallest absolute Gasteiger partial charge is 0.301 e. The molecule has 0 saturated heterocycles. The maximum Gasteiger partial charge on any atom is 0.301 e. The number of nitrogens with one attached hydrogen (secondary N) is 1. The van der Waals surface area contributed by atoms with Crippen molar-refractivity contribution in [3.8, 4) is 0 Å². The van der Waals surface area contributed by atoms with E-state index >= 15 is 0 Å². The number of nitro groups is 1. The van der Waals surface area contributed by atoms with Crippen molar-refractivity contribution in [3.05, 3.63) is 76.0 Å². The summed E-state index contributed by atoms with van der Waals surface area (Å²) in [7, 11) is 0. The number of fused-ring (bicyclic) bond motifs is 1. The third kappa shape index (κ3) is 2.88. The fourth-order valence-electron chi connectivity index (χ4n) is 2.55. The molecular weight excluding hydrogens is 316 g/mol. The predicted octanol–water partition coefficient (Wildman–Crippen LogP) is 4.59. The van der Waals surface area contributed by atoms with Crippen molar-refractivity contribution in [1.29, 1.82) is 0 Å². The Hall–Kier alpha value is -3.09. The number of anilines is 1. The Balaban J connectivity index is 2.01. The van der Waals surface area contributed by atoms with Crippen molar-refractivity contribution in [2.24, 2.45) is 0 Å². The molecule has 0 aliphatic heterocycles. The molecule has 122 valence electrons. The summed E-state index contributed by atoms with van der Waals surface area (Å²) < 4.78 is 26.4. The fraction of sp³-hybridized carbons (Fsp3) is 0.118. The molecule has 1 heterocycles. The topological polar surface area (TPSA) is 68.1 Å². The van der Waals surface area contributed by atoms with Crippen LogP contribution in [0.3, 0.4) is 0 Å². The first kappa shape index (κ1) is 15.8. The Morgan fingerprint density at radius 1 is 1.17 bits per heavy atom. The normalized spacial score (nSPS) is 12.1. The summed E-state index contributed by atoms with van der Waals surface area (Å²) >= 11 is 0. The monoisotopic (exact) mass is 329 g/mol. The molecule has 5 nitrogen and oxygen atoms in total. The zero-order chi connectivity index (χ0) is 17.3. The van der Waals surface area contributed by atoms with E-state index in [-0.39, 0.29) is 11.4 Å². The molecular formula is C17H13F2N3O2. The van der Waals surface area contributed by atoms with Crippen LogP contribution in [0.2, 0.25) is 0 Å². The van der Waals surface area contributed by atoms with Gasteiger partial charge in [-0.05, 0) is 48.9 Å². The standard InChI is InChI=1S/C17H13F2N3O2/c1-10(11-4-5-13(18)14(19)9-11)21-16-7-6-15-12(3-2-8-20-15)17(16)22(23)24/h2-10,21H,1H3/t10-/m0/s1. The van der Waals surface area contributed by atoms with Crippen molar-refractivity contribution in [1.82, 2.24) is 4.98 Å². The van der Waals surface area contributed by atoms with Crippen LogP contribution in [0, 0.1) is 21.7 Å². The van der Waals surface area contributed by atoms with Gasteiger partial charge in [0.1, 0.15) is 5.69 Å². The largest absolute Gasteiger partial charge is 0.373 e. The van der Waals surface area contributed by atoms with Gasteiger partial charge in [0.15, 0.2) is 11.6 Å². The molecule has 7 heteroatoms. The van der Waals surface area contributed by atoms with Gasteiger partial charge in [-0.3, -0.25) is 15.1 Å². The van der Waals surface area contributed by atoms with Gasteiger partial charge in [0.05, 0.1) is 15.8 Å². The number of pyridine rings is 1. The third-order valence-corrected chi connectivity index (χ3v) is 3.75. The lowest BCUT2D eigenvalue weighted by atomic mass is 10.1. The van der Waals surface area contributed by atoms with E-state index in [1.54, 1.807) is 37.4 Å². The number of nitrogens with zero attached hydrogens (tertiary/aromatic N) is 2. The van der Waals surface area contributed by atoms with Crippen molar-refractivity contribution in [3.63, 3.8) is 0 Å². The van der Waals surface area contributed by atoms with Gasteiger partial charge < -0.3 is 5.32 Å². The van der Waals surface area contributed by atoms with Gasteiger partial charge in [0, 0.05) is 12.2 Å². The highest BCUT2D eigenvalue weighted by molar-refractivity contribution is 5.94. The maximum absolute atomic E-state index is 13.4. The molecule has 0 fully saturated rings. The Morgan fingerprint density at radius 3 is 2.67 bits per heavy atom. The molecule has 0 saturated carbocycles. The Bertz CT molecular complexity index is 931. The molecule has 3 aromatic rings. The molecule has 24 heavy (non-hydrogen) atoms. The Morgan fingerprint density at radius 2 is 1.96 bits per heavy atom. The average Bonchev–Trinajstić information content (AvgIpc) is 2.56. The SMILES string of the molecule is C[C@H](Nc1ccc2ncccc2c1[N+](=O)[O-])c1ccc(F)c(F)c1. The second-order valence-corrected chi connectivity index (χ2v) is 5.33. The number of benzene rings is 2. The highest BCUT2D eigenvalue weighted by Gasteiger charge is 2.20. The van der Waals surface area contributed by atoms with Gasteiger partial charge in [-0.15, -0.1) is 0 Å². The minimum absolute atomic E-state index is 0.102. The van der Waals surface area contributed by atoms with Crippen LogP contribution in [0.5, 0.6) is 0 Å². The maximum atomic E-state index is 13.4. The van der Waals surface area contributed by atoms with E-state index in [9.17, 15) is 18.9 Å². The molecule has 2 aromatic carbocycles. The third-order valence-electron chi connectivity index (χ3n) is 3.75. The summed E-state index contributed by atoms with van der Waals surface area (Å²) in [5.74, 6) is -1.90. The van der Waals surface area contributed by atoms with Crippen LogP contribution in [-0.4, -0.2) is 9.91 Å².